The predicted octanol–water partition coefficient (Wildman–Crippen LogP) is 1.31. The Kier molecular flexibility index (Phi) is 3.79. The van der Waals surface area contributed by atoms with E-state index in [9.17, 15) is 9.18 Å². The lowest BCUT2D eigenvalue weighted by atomic mass is 10.1. The van der Waals surface area contributed by atoms with Crippen LogP contribution in [0.3, 0.4) is 0 Å². The number of rotatable bonds is 5. The van der Waals surface area contributed by atoms with E-state index >= 15 is 0 Å². The van der Waals surface area contributed by atoms with Crippen LogP contribution >= 0.6 is 0 Å². The highest BCUT2D eigenvalue weighted by Crippen LogP contribution is 2.41. The highest BCUT2D eigenvalue weighted by molar-refractivity contribution is 5.95. The van der Waals surface area contributed by atoms with Crippen LogP contribution in [0.4, 0.5) is 4.39 Å². The lowest BCUT2D eigenvalue weighted by molar-refractivity contribution is 0.0780. The second kappa shape index (κ2) is 5.97. The molecule has 8 nitrogen and oxygen atoms in total. The lowest BCUT2D eigenvalue weighted by Crippen LogP contribution is -2.27. The van der Waals surface area contributed by atoms with Crippen LogP contribution < -0.4 is 5.32 Å². The first kappa shape index (κ1) is 15.3. The van der Waals surface area contributed by atoms with Crippen molar-refractivity contribution in [1.82, 2.24) is 30.6 Å². The number of aromatic nitrogens is 4. The Balaban J connectivity index is 1.42. The van der Waals surface area contributed by atoms with Crippen LogP contribution in [0.2, 0.25) is 0 Å². The molecule has 24 heavy (non-hydrogen) atoms. The summed E-state index contributed by atoms with van der Waals surface area (Å²) in [5, 5.41) is 13.9. The van der Waals surface area contributed by atoms with E-state index in [1.807, 2.05) is 0 Å². The van der Waals surface area contributed by atoms with E-state index in [1.54, 1.807) is 11.9 Å². The smallest absolute Gasteiger partial charge is 0.259 e. The molecule has 1 aliphatic carbocycles. The van der Waals surface area contributed by atoms with Crippen molar-refractivity contribution in [3.05, 3.63) is 29.2 Å². The van der Waals surface area contributed by atoms with Gasteiger partial charge in [0, 0.05) is 25.9 Å². The Morgan fingerprint density at radius 1 is 1.50 bits per heavy atom. The van der Waals surface area contributed by atoms with Crippen molar-refractivity contribution in [2.45, 2.75) is 43.9 Å². The highest BCUT2D eigenvalue weighted by Gasteiger charge is 2.33. The largest absolute Gasteiger partial charge is 0.364 e. The number of aromatic amines is 1. The van der Waals surface area contributed by atoms with Gasteiger partial charge in [-0.05, 0) is 12.8 Å². The Bertz CT molecular complexity index is 740. The fourth-order valence-electron chi connectivity index (χ4n) is 2.98. The lowest BCUT2D eigenvalue weighted by Gasteiger charge is -2.14. The molecule has 0 radical (unpaired) electrons. The van der Waals surface area contributed by atoms with Gasteiger partial charge in [-0.25, -0.2) is 9.37 Å². The van der Waals surface area contributed by atoms with Crippen molar-refractivity contribution in [2.24, 2.45) is 0 Å². The SMILES string of the molecule is CN(Cc1nc([C@H]2C[C@H](F)CN2)n[nH]1)C(=O)c1conc1C1CC1. The summed E-state index contributed by atoms with van der Waals surface area (Å²) in [6, 6.07) is -0.175. The molecular formula is C15H19FN6O2. The van der Waals surface area contributed by atoms with Gasteiger partial charge >= 0.3 is 0 Å². The van der Waals surface area contributed by atoms with E-state index in [4.69, 9.17) is 4.52 Å². The molecular weight excluding hydrogens is 315 g/mol. The molecule has 3 heterocycles. The number of halogens is 1. The third-order valence-electron chi connectivity index (χ3n) is 4.46. The van der Waals surface area contributed by atoms with Gasteiger partial charge < -0.3 is 14.7 Å². The fourth-order valence-corrected chi connectivity index (χ4v) is 2.98. The summed E-state index contributed by atoms with van der Waals surface area (Å²) >= 11 is 0. The zero-order valence-corrected chi connectivity index (χ0v) is 13.3. The molecule has 2 atom stereocenters. The minimum atomic E-state index is -0.865. The number of H-pyrrole nitrogens is 1. The van der Waals surface area contributed by atoms with Gasteiger partial charge in [-0.1, -0.05) is 5.16 Å². The van der Waals surface area contributed by atoms with E-state index in [-0.39, 0.29) is 18.5 Å². The molecule has 9 heteroatoms. The summed E-state index contributed by atoms with van der Waals surface area (Å²) in [7, 11) is 1.69. The molecule has 1 aliphatic heterocycles. The molecule has 2 fully saturated rings. The Labute approximate surface area is 137 Å². The van der Waals surface area contributed by atoms with Crippen molar-refractivity contribution >= 4 is 5.91 Å². The maximum Gasteiger partial charge on any atom is 0.259 e. The summed E-state index contributed by atoms with van der Waals surface area (Å²) < 4.78 is 18.2. The third kappa shape index (κ3) is 2.91. The molecule has 1 amide bonds. The van der Waals surface area contributed by atoms with Crippen molar-refractivity contribution < 1.29 is 13.7 Å². The van der Waals surface area contributed by atoms with E-state index in [0.717, 1.165) is 18.5 Å². The van der Waals surface area contributed by atoms with Gasteiger partial charge in [-0.2, -0.15) is 5.10 Å². The van der Waals surface area contributed by atoms with Crippen LogP contribution in [0.5, 0.6) is 0 Å². The van der Waals surface area contributed by atoms with Crippen LogP contribution in [0.25, 0.3) is 0 Å². The monoisotopic (exact) mass is 334 g/mol. The van der Waals surface area contributed by atoms with Crippen LogP contribution in [0.1, 0.15) is 58.9 Å². The number of carbonyl (C=O) groups excluding carboxylic acids is 1. The second-order valence-electron chi connectivity index (χ2n) is 6.48. The van der Waals surface area contributed by atoms with Crippen molar-refractivity contribution in [2.75, 3.05) is 13.6 Å². The number of hydrogen-bond acceptors (Lipinski definition) is 6. The van der Waals surface area contributed by atoms with Crippen LogP contribution in [0.15, 0.2) is 10.8 Å². The van der Waals surface area contributed by atoms with Gasteiger partial charge in [0.2, 0.25) is 0 Å². The molecule has 1 saturated heterocycles. The molecule has 2 aromatic rings. The summed E-state index contributed by atoms with van der Waals surface area (Å²) in [5.41, 5.74) is 1.26. The van der Waals surface area contributed by atoms with Gasteiger partial charge in [0.25, 0.3) is 5.91 Å². The molecule has 2 N–H and O–H groups in total. The number of nitrogens with one attached hydrogen (secondary N) is 2. The topological polar surface area (TPSA) is 99.9 Å². The van der Waals surface area contributed by atoms with Crippen LogP contribution in [-0.4, -0.2) is 50.9 Å². The standard InChI is InChI=1S/C15H19FN6O2/c1-22(15(23)10-7-24-21-13(10)8-2-3-8)6-12-18-14(20-19-12)11-4-9(16)5-17-11/h7-9,11,17H,2-6H2,1H3,(H,18,19,20)/t9-,11+/m0/s1. The number of nitrogens with zero attached hydrogens (tertiary/aromatic N) is 4. The van der Waals surface area contributed by atoms with Gasteiger partial charge in [0.1, 0.15) is 23.8 Å². The number of hydrogen-bond donors (Lipinski definition) is 2. The predicted molar refractivity (Wildman–Crippen MR) is 80.9 cm³/mol. The minimum Gasteiger partial charge on any atom is -0.364 e. The molecule has 0 aromatic carbocycles. The van der Waals surface area contributed by atoms with E-state index < -0.39 is 6.17 Å². The first-order chi connectivity index (χ1) is 11.6. The van der Waals surface area contributed by atoms with E-state index in [0.29, 0.717) is 36.1 Å². The fraction of sp³-hybridized carbons (Fsp3) is 0.600. The van der Waals surface area contributed by atoms with Gasteiger partial charge in [-0.3, -0.25) is 9.89 Å². The third-order valence-corrected chi connectivity index (χ3v) is 4.46. The van der Waals surface area contributed by atoms with Crippen molar-refractivity contribution in [3.63, 3.8) is 0 Å². The summed E-state index contributed by atoms with van der Waals surface area (Å²) in [6.45, 7) is 0.608. The Morgan fingerprint density at radius 3 is 3.04 bits per heavy atom. The van der Waals surface area contributed by atoms with Gasteiger partial charge in [-0.15, -0.1) is 0 Å². The minimum absolute atomic E-state index is 0.154. The van der Waals surface area contributed by atoms with E-state index in [2.05, 4.69) is 25.7 Å². The maximum absolute atomic E-state index is 13.3. The summed E-state index contributed by atoms with van der Waals surface area (Å²) in [4.78, 5) is 18.5. The van der Waals surface area contributed by atoms with E-state index in [1.165, 1.54) is 6.26 Å². The number of amides is 1. The average molecular weight is 334 g/mol. The maximum atomic E-state index is 13.3. The molecule has 128 valence electrons. The Morgan fingerprint density at radius 2 is 2.33 bits per heavy atom. The molecule has 0 unspecified atom stereocenters. The van der Waals surface area contributed by atoms with Gasteiger partial charge in [0.05, 0.1) is 18.3 Å². The zero-order valence-electron chi connectivity index (χ0n) is 13.3. The molecule has 2 aliphatic rings. The number of carbonyl (C=O) groups is 1. The normalized spacial score (nSPS) is 23.6. The summed E-state index contributed by atoms with van der Waals surface area (Å²) in [5.74, 6) is 1.29. The van der Waals surface area contributed by atoms with Crippen LogP contribution in [-0.2, 0) is 6.54 Å². The first-order valence-corrected chi connectivity index (χ1v) is 8.10. The van der Waals surface area contributed by atoms with Crippen molar-refractivity contribution in [3.8, 4) is 0 Å². The second-order valence-corrected chi connectivity index (χ2v) is 6.48. The molecule has 4 rings (SSSR count). The number of alkyl halides is 1. The molecule has 1 saturated carbocycles. The Hall–Kier alpha value is -2.29. The molecule has 0 spiro atoms. The van der Waals surface area contributed by atoms with Gasteiger partial charge in [0.15, 0.2) is 5.82 Å². The first-order valence-electron chi connectivity index (χ1n) is 8.10. The molecule has 0 bridgehead atoms. The summed E-state index contributed by atoms with van der Waals surface area (Å²) in [6.07, 6.45) is 3.01. The average Bonchev–Trinajstić information content (AvgIpc) is 2.98. The quantitative estimate of drug-likeness (QED) is 0.855. The van der Waals surface area contributed by atoms with Crippen molar-refractivity contribution in [1.29, 1.82) is 0 Å². The zero-order chi connectivity index (χ0) is 16.7. The highest BCUT2D eigenvalue weighted by atomic mass is 19.1. The van der Waals surface area contributed by atoms with Crippen LogP contribution in [0, 0.1) is 0 Å². The molecule has 2 aromatic heterocycles.